The summed E-state index contributed by atoms with van der Waals surface area (Å²) in [5, 5.41) is 7.25. The number of likely N-dealkylation sites (tertiary alicyclic amines) is 1. The summed E-state index contributed by atoms with van der Waals surface area (Å²) >= 11 is 0. The highest BCUT2D eigenvalue weighted by Crippen LogP contribution is 2.19. The predicted molar refractivity (Wildman–Crippen MR) is 60.4 cm³/mol. The minimum Gasteiger partial charge on any atom is -0.325 e. The number of nitrogens with one attached hydrogen (secondary N) is 1. The highest BCUT2D eigenvalue weighted by molar-refractivity contribution is 5.09. The molecule has 1 aromatic rings. The van der Waals surface area contributed by atoms with Gasteiger partial charge in [-0.05, 0) is 44.8 Å². The first-order valence-electron chi connectivity index (χ1n) is 5.69. The van der Waals surface area contributed by atoms with E-state index in [1.54, 1.807) is 0 Å². The van der Waals surface area contributed by atoms with Gasteiger partial charge in [-0.2, -0.15) is 5.10 Å². The van der Waals surface area contributed by atoms with Crippen LogP contribution in [0.3, 0.4) is 0 Å². The van der Waals surface area contributed by atoms with E-state index < -0.39 is 0 Å². The van der Waals surface area contributed by atoms with Gasteiger partial charge in [-0.1, -0.05) is 0 Å². The number of hydrogen-bond donors (Lipinski definition) is 2. The molecule has 0 radical (unpaired) electrons. The predicted octanol–water partition coefficient (Wildman–Crippen LogP) is 0.753. The van der Waals surface area contributed by atoms with Gasteiger partial charge in [0.1, 0.15) is 0 Å². The topological polar surface area (TPSA) is 57.9 Å². The van der Waals surface area contributed by atoms with E-state index in [4.69, 9.17) is 5.73 Å². The molecule has 1 atom stereocenters. The zero-order chi connectivity index (χ0) is 10.7. The van der Waals surface area contributed by atoms with Gasteiger partial charge in [0.05, 0.1) is 5.69 Å². The Morgan fingerprint density at radius 2 is 2.53 bits per heavy atom. The number of aromatic nitrogens is 2. The van der Waals surface area contributed by atoms with Crippen molar-refractivity contribution in [3.8, 4) is 0 Å². The molecular weight excluding hydrogens is 188 g/mol. The Morgan fingerprint density at radius 3 is 3.20 bits per heavy atom. The molecule has 1 saturated heterocycles. The molecule has 0 aliphatic carbocycles. The van der Waals surface area contributed by atoms with Gasteiger partial charge in [0.2, 0.25) is 0 Å². The Hall–Kier alpha value is -0.870. The molecule has 4 heteroatoms. The molecule has 2 rings (SSSR count). The minimum absolute atomic E-state index is 0.553. The zero-order valence-corrected chi connectivity index (χ0v) is 9.37. The molecule has 84 valence electrons. The van der Waals surface area contributed by atoms with Crippen LogP contribution < -0.4 is 5.73 Å². The molecule has 1 fully saturated rings. The summed E-state index contributed by atoms with van der Waals surface area (Å²) in [5.74, 6) is 0.762. The number of piperidine rings is 1. The van der Waals surface area contributed by atoms with Crippen LogP contribution in [-0.2, 0) is 13.0 Å². The SMILES string of the molecule is CN1CCCC(Cc2cc(CN)[nH]n2)C1. The number of rotatable bonds is 3. The van der Waals surface area contributed by atoms with Crippen molar-refractivity contribution in [2.45, 2.75) is 25.8 Å². The van der Waals surface area contributed by atoms with Crippen molar-refractivity contribution in [2.24, 2.45) is 11.7 Å². The maximum absolute atomic E-state index is 5.54. The summed E-state index contributed by atoms with van der Waals surface area (Å²) in [7, 11) is 2.20. The van der Waals surface area contributed by atoms with Crippen LogP contribution in [0, 0.1) is 5.92 Å². The fourth-order valence-corrected chi connectivity index (χ4v) is 2.35. The third-order valence-corrected chi connectivity index (χ3v) is 3.12. The van der Waals surface area contributed by atoms with Gasteiger partial charge in [0.25, 0.3) is 0 Å². The van der Waals surface area contributed by atoms with E-state index in [1.165, 1.54) is 25.9 Å². The minimum atomic E-state index is 0.553. The molecule has 1 unspecified atom stereocenters. The Bertz CT molecular complexity index is 307. The second-order valence-electron chi connectivity index (χ2n) is 4.56. The number of hydrogen-bond acceptors (Lipinski definition) is 3. The lowest BCUT2D eigenvalue weighted by molar-refractivity contribution is 0.208. The number of nitrogens with zero attached hydrogens (tertiary/aromatic N) is 2. The van der Waals surface area contributed by atoms with Crippen molar-refractivity contribution in [3.63, 3.8) is 0 Å². The van der Waals surface area contributed by atoms with Gasteiger partial charge in [0.15, 0.2) is 0 Å². The average Bonchev–Trinajstić information content (AvgIpc) is 2.65. The molecule has 0 saturated carbocycles. The second-order valence-corrected chi connectivity index (χ2v) is 4.56. The molecule has 1 aliphatic heterocycles. The summed E-state index contributed by atoms with van der Waals surface area (Å²) in [6.45, 7) is 2.99. The van der Waals surface area contributed by atoms with Crippen molar-refractivity contribution in [2.75, 3.05) is 20.1 Å². The monoisotopic (exact) mass is 208 g/mol. The first-order chi connectivity index (χ1) is 7.28. The van der Waals surface area contributed by atoms with E-state index in [1.807, 2.05) is 0 Å². The Labute approximate surface area is 90.8 Å². The fourth-order valence-electron chi connectivity index (χ4n) is 2.35. The summed E-state index contributed by atoms with van der Waals surface area (Å²) < 4.78 is 0. The lowest BCUT2D eigenvalue weighted by atomic mass is 9.94. The molecule has 0 aromatic carbocycles. The van der Waals surface area contributed by atoms with E-state index in [0.29, 0.717) is 6.54 Å². The van der Waals surface area contributed by atoms with Crippen LogP contribution in [-0.4, -0.2) is 35.2 Å². The number of nitrogens with two attached hydrogens (primary N) is 1. The van der Waals surface area contributed by atoms with Crippen LogP contribution in [0.1, 0.15) is 24.2 Å². The molecule has 0 amide bonds. The van der Waals surface area contributed by atoms with Crippen LogP contribution in [0.4, 0.5) is 0 Å². The molecule has 4 nitrogen and oxygen atoms in total. The number of H-pyrrole nitrogens is 1. The molecule has 0 spiro atoms. The highest BCUT2D eigenvalue weighted by Gasteiger charge is 2.18. The van der Waals surface area contributed by atoms with Crippen molar-refractivity contribution in [3.05, 3.63) is 17.5 Å². The van der Waals surface area contributed by atoms with E-state index in [2.05, 4.69) is 28.2 Å². The molecule has 2 heterocycles. The Morgan fingerprint density at radius 1 is 1.67 bits per heavy atom. The van der Waals surface area contributed by atoms with Gasteiger partial charge < -0.3 is 10.6 Å². The third-order valence-electron chi connectivity index (χ3n) is 3.12. The second kappa shape index (κ2) is 4.77. The lowest BCUT2D eigenvalue weighted by Gasteiger charge is -2.29. The van der Waals surface area contributed by atoms with Gasteiger partial charge in [0, 0.05) is 18.8 Å². The van der Waals surface area contributed by atoms with E-state index in [9.17, 15) is 0 Å². The van der Waals surface area contributed by atoms with Gasteiger partial charge >= 0.3 is 0 Å². The Balaban J connectivity index is 1.90. The summed E-state index contributed by atoms with van der Waals surface area (Å²) in [4.78, 5) is 2.41. The largest absolute Gasteiger partial charge is 0.325 e. The first-order valence-corrected chi connectivity index (χ1v) is 5.69. The van der Waals surface area contributed by atoms with Crippen LogP contribution in [0.2, 0.25) is 0 Å². The normalized spacial score (nSPS) is 23.2. The van der Waals surface area contributed by atoms with Crippen molar-refractivity contribution < 1.29 is 0 Å². The fraction of sp³-hybridized carbons (Fsp3) is 0.727. The maximum Gasteiger partial charge on any atom is 0.0628 e. The average molecular weight is 208 g/mol. The van der Waals surface area contributed by atoms with Crippen LogP contribution >= 0.6 is 0 Å². The molecule has 3 N–H and O–H groups in total. The van der Waals surface area contributed by atoms with E-state index in [0.717, 1.165) is 23.7 Å². The zero-order valence-electron chi connectivity index (χ0n) is 9.37. The quantitative estimate of drug-likeness (QED) is 0.770. The van der Waals surface area contributed by atoms with Gasteiger partial charge in [-0.15, -0.1) is 0 Å². The first kappa shape index (κ1) is 10.6. The van der Waals surface area contributed by atoms with E-state index in [-0.39, 0.29) is 0 Å². The smallest absolute Gasteiger partial charge is 0.0628 e. The Kier molecular flexibility index (Phi) is 3.38. The number of aromatic amines is 1. The summed E-state index contributed by atoms with van der Waals surface area (Å²) in [6, 6.07) is 2.09. The van der Waals surface area contributed by atoms with E-state index >= 15 is 0 Å². The molecular formula is C11H20N4. The van der Waals surface area contributed by atoms with Crippen molar-refractivity contribution in [1.29, 1.82) is 0 Å². The van der Waals surface area contributed by atoms with Crippen LogP contribution in [0.25, 0.3) is 0 Å². The van der Waals surface area contributed by atoms with Gasteiger partial charge in [-0.25, -0.2) is 0 Å². The third kappa shape index (κ3) is 2.79. The van der Waals surface area contributed by atoms with Crippen LogP contribution in [0.5, 0.6) is 0 Å². The summed E-state index contributed by atoms with van der Waals surface area (Å²) in [5.41, 5.74) is 7.74. The molecule has 1 aromatic heterocycles. The highest BCUT2D eigenvalue weighted by atomic mass is 15.1. The molecule has 1 aliphatic rings. The van der Waals surface area contributed by atoms with Crippen molar-refractivity contribution in [1.82, 2.24) is 15.1 Å². The standard InChI is InChI=1S/C11H20N4/c1-15-4-2-3-9(8-15)5-10-6-11(7-12)14-13-10/h6,9H,2-5,7-8,12H2,1H3,(H,13,14). The van der Waals surface area contributed by atoms with Crippen molar-refractivity contribution >= 4 is 0 Å². The van der Waals surface area contributed by atoms with Crippen LogP contribution in [0.15, 0.2) is 6.07 Å². The molecule has 15 heavy (non-hydrogen) atoms. The summed E-state index contributed by atoms with van der Waals surface area (Å²) in [6.07, 6.45) is 3.73. The maximum atomic E-state index is 5.54. The lowest BCUT2D eigenvalue weighted by Crippen LogP contribution is -2.33. The van der Waals surface area contributed by atoms with Gasteiger partial charge in [-0.3, -0.25) is 5.10 Å². The molecule has 0 bridgehead atoms.